The Morgan fingerprint density at radius 3 is 2.24 bits per heavy atom. The second-order valence-corrected chi connectivity index (χ2v) is 5.25. The summed E-state index contributed by atoms with van der Waals surface area (Å²) in [7, 11) is 0. The molecular formula is C20H16F4O. The lowest BCUT2D eigenvalue weighted by Crippen LogP contribution is -2.17. The Bertz CT molecular complexity index is 793. The van der Waals surface area contributed by atoms with Crippen molar-refractivity contribution in [3.8, 4) is 17.6 Å². The summed E-state index contributed by atoms with van der Waals surface area (Å²) in [6.45, 7) is 1.98. The van der Waals surface area contributed by atoms with E-state index in [0.717, 1.165) is 30.5 Å². The molecule has 2 aromatic rings. The number of rotatable bonds is 4. The minimum Gasteiger partial charge on any atom is -0.403 e. The smallest absolute Gasteiger partial charge is 0.403 e. The summed E-state index contributed by atoms with van der Waals surface area (Å²) in [6, 6.07) is 10.8. The van der Waals surface area contributed by atoms with E-state index in [4.69, 9.17) is 0 Å². The first-order valence-electron chi connectivity index (χ1n) is 7.65. The molecule has 5 heteroatoms. The van der Waals surface area contributed by atoms with Crippen molar-refractivity contribution >= 4 is 0 Å². The van der Waals surface area contributed by atoms with Gasteiger partial charge in [0.15, 0.2) is 11.6 Å². The van der Waals surface area contributed by atoms with Crippen molar-refractivity contribution in [2.45, 2.75) is 26.1 Å². The molecule has 0 saturated carbocycles. The van der Waals surface area contributed by atoms with Crippen LogP contribution in [0.2, 0.25) is 0 Å². The van der Waals surface area contributed by atoms with E-state index >= 15 is 0 Å². The predicted octanol–water partition coefficient (Wildman–Crippen LogP) is 5.63. The van der Waals surface area contributed by atoms with Crippen molar-refractivity contribution in [3.05, 3.63) is 77.1 Å². The third-order valence-corrected chi connectivity index (χ3v) is 3.30. The van der Waals surface area contributed by atoms with Crippen LogP contribution in [-0.4, -0.2) is 6.36 Å². The van der Waals surface area contributed by atoms with Gasteiger partial charge in [0.05, 0.1) is 0 Å². The largest absolute Gasteiger partial charge is 0.573 e. The van der Waals surface area contributed by atoms with E-state index in [2.05, 4.69) is 22.7 Å². The molecule has 0 amide bonds. The number of hydrogen-bond acceptors (Lipinski definition) is 1. The van der Waals surface area contributed by atoms with Crippen molar-refractivity contribution in [2.24, 2.45) is 0 Å². The van der Waals surface area contributed by atoms with E-state index in [-0.39, 0.29) is 5.56 Å². The van der Waals surface area contributed by atoms with Crippen molar-refractivity contribution in [2.75, 3.05) is 0 Å². The van der Waals surface area contributed by atoms with Gasteiger partial charge in [-0.05, 0) is 55.7 Å². The molecule has 25 heavy (non-hydrogen) atoms. The summed E-state index contributed by atoms with van der Waals surface area (Å²) in [5.74, 6) is 3.60. The maximum atomic E-state index is 13.6. The zero-order chi connectivity index (χ0) is 18.3. The van der Waals surface area contributed by atoms with Crippen LogP contribution >= 0.6 is 0 Å². The summed E-state index contributed by atoms with van der Waals surface area (Å²) in [6.07, 6.45) is 1.07. The Morgan fingerprint density at radius 1 is 1.00 bits per heavy atom. The molecular weight excluding hydrogens is 332 g/mol. The molecule has 0 aliphatic rings. The Kier molecular flexibility index (Phi) is 6.24. The van der Waals surface area contributed by atoms with Gasteiger partial charge in [-0.15, -0.1) is 13.2 Å². The van der Waals surface area contributed by atoms with E-state index in [0.29, 0.717) is 0 Å². The summed E-state index contributed by atoms with van der Waals surface area (Å²) >= 11 is 0. The van der Waals surface area contributed by atoms with Crippen LogP contribution in [0.1, 0.15) is 30.0 Å². The molecule has 0 aliphatic heterocycles. The highest BCUT2D eigenvalue weighted by Crippen LogP contribution is 2.25. The van der Waals surface area contributed by atoms with E-state index in [9.17, 15) is 17.6 Å². The van der Waals surface area contributed by atoms with Crippen molar-refractivity contribution in [3.63, 3.8) is 0 Å². The molecule has 0 aliphatic carbocycles. The number of ether oxygens (including phenoxy) is 1. The third kappa shape index (κ3) is 6.34. The highest BCUT2D eigenvalue weighted by atomic mass is 19.4. The molecule has 0 radical (unpaired) electrons. The Balaban J connectivity index is 2.06. The monoisotopic (exact) mass is 348 g/mol. The molecule has 0 aromatic heterocycles. The molecule has 0 spiro atoms. The Hall–Kier alpha value is -2.74. The first kappa shape index (κ1) is 18.6. The Labute approximate surface area is 143 Å². The van der Waals surface area contributed by atoms with E-state index in [1.165, 1.54) is 11.6 Å². The van der Waals surface area contributed by atoms with Gasteiger partial charge in [-0.2, -0.15) is 0 Å². The number of aryl methyl sites for hydroxylation is 1. The van der Waals surface area contributed by atoms with E-state index < -0.39 is 17.9 Å². The fourth-order valence-corrected chi connectivity index (χ4v) is 2.10. The van der Waals surface area contributed by atoms with Crippen LogP contribution in [0.5, 0.6) is 5.75 Å². The lowest BCUT2D eigenvalue weighted by Gasteiger charge is -2.09. The molecule has 2 rings (SSSR count). The average Bonchev–Trinajstić information content (AvgIpc) is 2.55. The van der Waals surface area contributed by atoms with Crippen LogP contribution in [0.15, 0.2) is 54.6 Å². The van der Waals surface area contributed by atoms with Crippen molar-refractivity contribution in [1.82, 2.24) is 0 Å². The molecule has 0 N–H and O–H groups in total. The van der Waals surface area contributed by atoms with Crippen LogP contribution in [0, 0.1) is 17.7 Å². The standard InChI is InChI=1S/C20H16F4O/c1-2-3-4-5-15-6-8-16(9-7-15)10-11-17-12-13-19(18(21)14-17)25-20(22,23)24/h2-3,6-9,12-14H,4-5H2,1H3/b3-2+. The molecule has 1 nitrogen and oxygen atoms in total. The van der Waals surface area contributed by atoms with Crippen LogP contribution < -0.4 is 4.74 Å². The molecule has 2 aromatic carbocycles. The maximum absolute atomic E-state index is 13.6. The minimum atomic E-state index is -4.93. The van der Waals surface area contributed by atoms with Gasteiger partial charge in [0, 0.05) is 11.1 Å². The van der Waals surface area contributed by atoms with Gasteiger partial charge >= 0.3 is 6.36 Å². The molecule has 0 atom stereocenters. The molecule has 0 unspecified atom stereocenters. The quantitative estimate of drug-likeness (QED) is 0.395. The minimum absolute atomic E-state index is 0.268. The lowest BCUT2D eigenvalue weighted by molar-refractivity contribution is -0.275. The third-order valence-electron chi connectivity index (χ3n) is 3.30. The number of halogens is 4. The molecule has 0 heterocycles. The van der Waals surface area contributed by atoms with Crippen LogP contribution in [0.3, 0.4) is 0 Å². The number of hydrogen-bond donors (Lipinski definition) is 0. The van der Waals surface area contributed by atoms with Gasteiger partial charge in [0.25, 0.3) is 0 Å². The van der Waals surface area contributed by atoms with Crippen molar-refractivity contribution in [1.29, 1.82) is 0 Å². The first-order chi connectivity index (χ1) is 11.9. The fraction of sp³-hybridized carbons (Fsp3) is 0.200. The van der Waals surface area contributed by atoms with Crippen LogP contribution in [0.25, 0.3) is 0 Å². The first-order valence-corrected chi connectivity index (χ1v) is 7.65. The number of allylic oxidation sites excluding steroid dienone is 2. The van der Waals surface area contributed by atoms with Gasteiger partial charge in [0.2, 0.25) is 0 Å². The second kappa shape index (κ2) is 8.39. The number of alkyl halides is 3. The molecule has 0 saturated heterocycles. The highest BCUT2D eigenvalue weighted by molar-refractivity contribution is 5.45. The van der Waals surface area contributed by atoms with Crippen LogP contribution in [-0.2, 0) is 6.42 Å². The SMILES string of the molecule is C/C=C/CCc1ccc(C#Cc2ccc(OC(F)(F)F)c(F)c2)cc1. The second-order valence-electron chi connectivity index (χ2n) is 5.25. The molecule has 0 bridgehead atoms. The van der Waals surface area contributed by atoms with Crippen molar-refractivity contribution < 1.29 is 22.3 Å². The van der Waals surface area contributed by atoms with Gasteiger partial charge in [0.1, 0.15) is 0 Å². The van der Waals surface area contributed by atoms with E-state index in [1.54, 1.807) is 0 Å². The summed E-state index contributed by atoms with van der Waals surface area (Å²) in [5.41, 5.74) is 2.19. The van der Waals surface area contributed by atoms with Crippen LogP contribution in [0.4, 0.5) is 17.6 Å². The summed E-state index contributed by atoms with van der Waals surface area (Å²) in [4.78, 5) is 0. The van der Waals surface area contributed by atoms with E-state index in [1.807, 2.05) is 37.3 Å². The predicted molar refractivity (Wildman–Crippen MR) is 88.6 cm³/mol. The maximum Gasteiger partial charge on any atom is 0.573 e. The zero-order valence-electron chi connectivity index (χ0n) is 13.5. The van der Waals surface area contributed by atoms with Gasteiger partial charge in [-0.25, -0.2) is 4.39 Å². The normalized spacial score (nSPS) is 11.2. The zero-order valence-corrected chi connectivity index (χ0v) is 13.5. The van der Waals surface area contributed by atoms with Gasteiger partial charge in [-0.1, -0.05) is 36.1 Å². The Morgan fingerprint density at radius 2 is 1.64 bits per heavy atom. The highest BCUT2D eigenvalue weighted by Gasteiger charge is 2.32. The summed E-state index contributed by atoms with van der Waals surface area (Å²) in [5, 5.41) is 0. The van der Waals surface area contributed by atoms with Gasteiger partial charge in [-0.3, -0.25) is 0 Å². The summed E-state index contributed by atoms with van der Waals surface area (Å²) < 4.78 is 53.5. The molecule has 130 valence electrons. The lowest BCUT2D eigenvalue weighted by atomic mass is 10.1. The fourth-order valence-electron chi connectivity index (χ4n) is 2.10. The number of benzene rings is 2. The average molecular weight is 348 g/mol. The van der Waals surface area contributed by atoms with Gasteiger partial charge < -0.3 is 4.74 Å². The molecule has 0 fully saturated rings. The topological polar surface area (TPSA) is 9.23 Å².